The van der Waals surface area contributed by atoms with Crippen molar-refractivity contribution in [3.8, 4) is 11.8 Å². The van der Waals surface area contributed by atoms with Gasteiger partial charge in [0.25, 0.3) is 0 Å². The summed E-state index contributed by atoms with van der Waals surface area (Å²) in [6, 6.07) is 20.4. The van der Waals surface area contributed by atoms with Crippen LogP contribution in [0, 0.1) is 11.8 Å². The highest BCUT2D eigenvalue weighted by Crippen LogP contribution is 2.28. The van der Waals surface area contributed by atoms with Gasteiger partial charge in [-0.2, -0.15) is 0 Å². The lowest BCUT2D eigenvalue weighted by atomic mass is 10.2. The van der Waals surface area contributed by atoms with Gasteiger partial charge >= 0.3 is 0 Å². The van der Waals surface area contributed by atoms with Gasteiger partial charge < -0.3 is 0 Å². The Morgan fingerprint density at radius 3 is 1.94 bits per heavy atom. The average Bonchev–Trinajstić information content (AvgIpc) is 2.46. The maximum atomic E-state index is 3.21. The first-order chi connectivity index (χ1) is 8.77. The third-order valence-corrected chi connectivity index (χ3v) is 5.31. The normalized spacial score (nSPS) is 11.2. The standard InChI is InChI=1S/C16H10I2/c17-15(12-11-13-7-3-1-4-8-13)16(18)14-9-5-2-6-10-14/h1-10H/b16-15+. The molecule has 0 saturated heterocycles. The van der Waals surface area contributed by atoms with Crippen molar-refractivity contribution in [3.05, 3.63) is 75.4 Å². The SMILES string of the molecule is I/C(C#Cc1ccccc1)=C(/I)c1ccccc1. The summed E-state index contributed by atoms with van der Waals surface area (Å²) >= 11 is 4.64. The smallest absolute Gasteiger partial charge is 0.0622 e. The van der Waals surface area contributed by atoms with E-state index in [0.717, 1.165) is 9.14 Å². The molecule has 0 aliphatic rings. The molecule has 0 aliphatic heterocycles. The van der Waals surface area contributed by atoms with Gasteiger partial charge in [0.05, 0.1) is 3.58 Å². The quantitative estimate of drug-likeness (QED) is 0.405. The fourth-order valence-electron chi connectivity index (χ4n) is 1.41. The number of hydrogen-bond donors (Lipinski definition) is 0. The molecule has 2 heteroatoms. The van der Waals surface area contributed by atoms with Crippen LogP contribution in [-0.2, 0) is 0 Å². The zero-order valence-electron chi connectivity index (χ0n) is 9.53. The summed E-state index contributed by atoms with van der Waals surface area (Å²) in [6.45, 7) is 0. The first-order valence-electron chi connectivity index (χ1n) is 5.45. The van der Waals surface area contributed by atoms with E-state index in [1.165, 1.54) is 9.14 Å². The van der Waals surface area contributed by atoms with Crippen LogP contribution in [0.1, 0.15) is 11.1 Å². The lowest BCUT2D eigenvalue weighted by Crippen LogP contribution is -1.78. The largest absolute Gasteiger partial charge is 0.0772 e. The number of benzene rings is 2. The summed E-state index contributed by atoms with van der Waals surface area (Å²) in [6.07, 6.45) is 0. The summed E-state index contributed by atoms with van der Waals surface area (Å²) in [5, 5.41) is 0. The van der Waals surface area contributed by atoms with E-state index in [-0.39, 0.29) is 0 Å². The fourth-order valence-corrected chi connectivity index (χ4v) is 2.36. The lowest BCUT2D eigenvalue weighted by molar-refractivity contribution is 1.65. The van der Waals surface area contributed by atoms with Crippen LogP contribution < -0.4 is 0 Å². The van der Waals surface area contributed by atoms with Crippen LogP contribution in [-0.4, -0.2) is 0 Å². The van der Waals surface area contributed by atoms with Crippen LogP contribution in [0.4, 0.5) is 0 Å². The zero-order valence-corrected chi connectivity index (χ0v) is 13.8. The molecule has 0 nitrogen and oxygen atoms in total. The molecule has 0 fully saturated rings. The summed E-state index contributed by atoms with van der Waals surface area (Å²) in [7, 11) is 0. The summed E-state index contributed by atoms with van der Waals surface area (Å²) in [4.78, 5) is 0. The van der Waals surface area contributed by atoms with Gasteiger partial charge in [0.2, 0.25) is 0 Å². The van der Waals surface area contributed by atoms with Crippen LogP contribution in [0.2, 0.25) is 0 Å². The van der Waals surface area contributed by atoms with Crippen LogP contribution >= 0.6 is 45.2 Å². The van der Waals surface area contributed by atoms with Crippen LogP contribution in [0.3, 0.4) is 0 Å². The second-order valence-corrected chi connectivity index (χ2v) is 5.77. The van der Waals surface area contributed by atoms with Crippen LogP contribution in [0.5, 0.6) is 0 Å². The summed E-state index contributed by atoms with van der Waals surface area (Å²) in [5.41, 5.74) is 2.26. The van der Waals surface area contributed by atoms with Crippen molar-refractivity contribution in [2.24, 2.45) is 0 Å². The first-order valence-corrected chi connectivity index (χ1v) is 7.61. The van der Waals surface area contributed by atoms with Gasteiger partial charge in [-0.1, -0.05) is 60.4 Å². The van der Waals surface area contributed by atoms with E-state index >= 15 is 0 Å². The number of hydrogen-bond acceptors (Lipinski definition) is 0. The van der Waals surface area contributed by atoms with Crippen molar-refractivity contribution < 1.29 is 0 Å². The fraction of sp³-hybridized carbons (Fsp3) is 0. The molecule has 0 saturated carbocycles. The van der Waals surface area contributed by atoms with Crippen molar-refractivity contribution in [3.63, 3.8) is 0 Å². The molecule has 2 rings (SSSR count). The van der Waals surface area contributed by atoms with Gasteiger partial charge in [-0.25, -0.2) is 0 Å². The van der Waals surface area contributed by atoms with Crippen molar-refractivity contribution in [1.29, 1.82) is 0 Å². The van der Waals surface area contributed by atoms with Crippen LogP contribution in [0.25, 0.3) is 3.58 Å². The highest BCUT2D eigenvalue weighted by Gasteiger charge is 2.00. The Balaban J connectivity index is 2.27. The maximum Gasteiger partial charge on any atom is 0.0772 e. The Bertz CT molecular complexity index is 602. The minimum atomic E-state index is 1.05. The average molecular weight is 456 g/mol. The Morgan fingerprint density at radius 2 is 1.33 bits per heavy atom. The summed E-state index contributed by atoms with van der Waals surface area (Å²) in [5.74, 6) is 6.38. The molecule has 0 unspecified atom stereocenters. The molecule has 88 valence electrons. The maximum absolute atomic E-state index is 3.21. The van der Waals surface area contributed by atoms with Crippen molar-refractivity contribution in [1.82, 2.24) is 0 Å². The highest BCUT2D eigenvalue weighted by molar-refractivity contribution is 14.1. The van der Waals surface area contributed by atoms with E-state index in [1.54, 1.807) is 0 Å². The van der Waals surface area contributed by atoms with E-state index in [2.05, 4.69) is 69.2 Å². The van der Waals surface area contributed by atoms with Gasteiger partial charge in [0.15, 0.2) is 0 Å². The van der Waals surface area contributed by atoms with E-state index in [1.807, 2.05) is 48.5 Å². The molecule has 0 aliphatic carbocycles. The Morgan fingerprint density at radius 1 is 0.778 bits per heavy atom. The predicted molar refractivity (Wildman–Crippen MR) is 94.7 cm³/mol. The Hall–Kier alpha value is -0.800. The monoisotopic (exact) mass is 456 g/mol. The molecular formula is C16H10I2. The third kappa shape index (κ3) is 3.85. The van der Waals surface area contributed by atoms with E-state index < -0.39 is 0 Å². The van der Waals surface area contributed by atoms with E-state index in [4.69, 9.17) is 0 Å². The number of rotatable bonds is 1. The number of allylic oxidation sites excluding steroid dienone is 1. The van der Waals surface area contributed by atoms with Gasteiger partial charge in [-0.05, 0) is 62.9 Å². The van der Waals surface area contributed by atoms with E-state index in [0.29, 0.717) is 0 Å². The van der Waals surface area contributed by atoms with Gasteiger partial charge in [0, 0.05) is 9.14 Å². The van der Waals surface area contributed by atoms with E-state index in [9.17, 15) is 0 Å². The predicted octanol–water partition coefficient (Wildman–Crippen LogP) is 5.28. The second-order valence-electron chi connectivity index (χ2n) is 3.61. The molecule has 0 spiro atoms. The molecule has 0 N–H and O–H groups in total. The first kappa shape index (κ1) is 13.6. The Labute approximate surface area is 135 Å². The minimum absolute atomic E-state index is 1.05. The van der Waals surface area contributed by atoms with Gasteiger partial charge in [-0.15, -0.1) is 0 Å². The Kier molecular flexibility index (Phi) is 5.26. The molecule has 0 bridgehead atoms. The number of halogens is 2. The van der Waals surface area contributed by atoms with Crippen molar-refractivity contribution >= 4 is 48.8 Å². The minimum Gasteiger partial charge on any atom is -0.0622 e. The summed E-state index contributed by atoms with van der Waals surface area (Å²) < 4.78 is 2.26. The van der Waals surface area contributed by atoms with Crippen molar-refractivity contribution in [2.45, 2.75) is 0 Å². The molecule has 0 amide bonds. The molecular weight excluding hydrogens is 446 g/mol. The topological polar surface area (TPSA) is 0 Å². The van der Waals surface area contributed by atoms with Crippen LogP contribution in [0.15, 0.2) is 64.2 Å². The third-order valence-electron chi connectivity index (χ3n) is 2.31. The lowest BCUT2D eigenvalue weighted by Gasteiger charge is -1.99. The second kappa shape index (κ2) is 6.95. The molecule has 18 heavy (non-hydrogen) atoms. The molecule has 2 aromatic carbocycles. The molecule has 2 aromatic rings. The van der Waals surface area contributed by atoms with Gasteiger partial charge in [0.1, 0.15) is 0 Å². The molecule has 0 heterocycles. The van der Waals surface area contributed by atoms with Crippen molar-refractivity contribution in [2.75, 3.05) is 0 Å². The molecule has 0 radical (unpaired) electrons. The highest BCUT2D eigenvalue weighted by atomic mass is 127. The zero-order chi connectivity index (χ0) is 12.8. The van der Waals surface area contributed by atoms with Gasteiger partial charge in [-0.3, -0.25) is 0 Å². The molecule has 0 atom stereocenters. The molecule has 0 aromatic heterocycles.